The number of carbonyl (C=O) groups excluding carboxylic acids is 1. The molecule has 0 fully saturated rings. The molecule has 1 N–H and O–H groups in total. The average Bonchev–Trinajstić information content (AvgIpc) is 2.61. The van der Waals surface area contributed by atoms with Crippen molar-refractivity contribution in [1.29, 1.82) is 0 Å². The predicted octanol–water partition coefficient (Wildman–Crippen LogP) is 4.03. The lowest BCUT2D eigenvalue weighted by Gasteiger charge is -2.22. The van der Waals surface area contributed by atoms with Crippen molar-refractivity contribution >= 4 is 11.6 Å². The van der Waals surface area contributed by atoms with Gasteiger partial charge in [0.1, 0.15) is 5.75 Å². The Morgan fingerprint density at radius 3 is 2.00 bits per heavy atom. The SMILES string of the molecule is O=C(c1ccccc1O)N(Oc1ccccc1)c1ccccc1. The number of benzene rings is 3. The second-order valence-electron chi connectivity index (χ2n) is 4.86. The molecule has 3 aromatic rings. The van der Waals surface area contributed by atoms with Crippen LogP contribution in [0.15, 0.2) is 84.9 Å². The molecule has 0 unspecified atom stereocenters. The molecule has 0 aromatic heterocycles. The van der Waals surface area contributed by atoms with Gasteiger partial charge in [0.05, 0.1) is 11.3 Å². The molecule has 0 heterocycles. The van der Waals surface area contributed by atoms with Crippen LogP contribution in [0.4, 0.5) is 5.69 Å². The first kappa shape index (κ1) is 14.7. The number of nitrogens with zero attached hydrogens (tertiary/aromatic N) is 1. The molecule has 0 radical (unpaired) electrons. The number of aromatic hydroxyl groups is 1. The number of hydrogen-bond donors (Lipinski definition) is 1. The number of phenols is 1. The standard InChI is InChI=1S/C19H15NO3/c21-18-14-8-7-13-17(18)19(22)20(15-9-3-1-4-10-15)23-16-11-5-2-6-12-16/h1-14,21H. The van der Waals surface area contributed by atoms with Gasteiger partial charge in [-0.05, 0) is 36.4 Å². The van der Waals surface area contributed by atoms with Gasteiger partial charge in [-0.15, -0.1) is 5.06 Å². The summed E-state index contributed by atoms with van der Waals surface area (Å²) < 4.78 is 0. The Morgan fingerprint density at radius 1 is 0.783 bits per heavy atom. The van der Waals surface area contributed by atoms with E-state index in [-0.39, 0.29) is 11.3 Å². The fourth-order valence-corrected chi connectivity index (χ4v) is 2.13. The lowest BCUT2D eigenvalue weighted by atomic mass is 10.2. The normalized spacial score (nSPS) is 10.1. The molecule has 0 atom stereocenters. The Balaban J connectivity index is 1.98. The van der Waals surface area contributed by atoms with Crippen LogP contribution in [0.5, 0.6) is 11.5 Å². The summed E-state index contributed by atoms with van der Waals surface area (Å²) in [4.78, 5) is 18.6. The van der Waals surface area contributed by atoms with Gasteiger partial charge in [-0.25, -0.2) is 0 Å². The zero-order valence-electron chi connectivity index (χ0n) is 12.3. The smallest absolute Gasteiger partial charge is 0.295 e. The van der Waals surface area contributed by atoms with E-state index in [1.165, 1.54) is 11.1 Å². The number of hydroxylamine groups is 1. The predicted molar refractivity (Wildman–Crippen MR) is 88.4 cm³/mol. The molecule has 0 aliphatic rings. The van der Waals surface area contributed by atoms with E-state index in [2.05, 4.69) is 0 Å². The van der Waals surface area contributed by atoms with Crippen molar-refractivity contribution in [3.05, 3.63) is 90.5 Å². The van der Waals surface area contributed by atoms with Crippen LogP contribution in [-0.2, 0) is 0 Å². The van der Waals surface area contributed by atoms with Crippen LogP contribution >= 0.6 is 0 Å². The number of para-hydroxylation sites is 3. The van der Waals surface area contributed by atoms with Crippen molar-refractivity contribution in [2.75, 3.05) is 5.06 Å². The first-order valence-electron chi connectivity index (χ1n) is 7.16. The highest BCUT2D eigenvalue weighted by Gasteiger charge is 2.22. The summed E-state index contributed by atoms with van der Waals surface area (Å²) in [5, 5.41) is 11.1. The summed E-state index contributed by atoms with van der Waals surface area (Å²) >= 11 is 0. The quantitative estimate of drug-likeness (QED) is 0.740. The largest absolute Gasteiger partial charge is 0.507 e. The summed E-state index contributed by atoms with van der Waals surface area (Å²) in [6.07, 6.45) is 0. The van der Waals surface area contributed by atoms with Crippen molar-refractivity contribution in [3.63, 3.8) is 0 Å². The van der Waals surface area contributed by atoms with Gasteiger partial charge in [0.25, 0.3) is 5.91 Å². The van der Waals surface area contributed by atoms with Crippen molar-refractivity contribution in [1.82, 2.24) is 0 Å². The molecule has 0 saturated carbocycles. The second kappa shape index (κ2) is 6.66. The van der Waals surface area contributed by atoms with E-state index in [0.29, 0.717) is 11.4 Å². The first-order chi connectivity index (χ1) is 11.3. The number of rotatable bonds is 4. The Bertz CT molecular complexity index is 788. The van der Waals surface area contributed by atoms with Crippen LogP contribution in [0.1, 0.15) is 10.4 Å². The van der Waals surface area contributed by atoms with E-state index in [0.717, 1.165) is 0 Å². The summed E-state index contributed by atoms with van der Waals surface area (Å²) in [7, 11) is 0. The van der Waals surface area contributed by atoms with Crippen molar-refractivity contribution in [2.45, 2.75) is 0 Å². The molecule has 4 nitrogen and oxygen atoms in total. The Kier molecular flexibility index (Phi) is 4.25. The van der Waals surface area contributed by atoms with Crippen LogP contribution in [0.2, 0.25) is 0 Å². The lowest BCUT2D eigenvalue weighted by Crippen LogP contribution is -2.34. The van der Waals surface area contributed by atoms with Gasteiger partial charge in [0, 0.05) is 0 Å². The molecule has 4 heteroatoms. The number of anilines is 1. The molecular formula is C19H15NO3. The molecule has 23 heavy (non-hydrogen) atoms. The Morgan fingerprint density at radius 2 is 1.35 bits per heavy atom. The van der Waals surface area contributed by atoms with Gasteiger partial charge in [-0.3, -0.25) is 4.79 Å². The third-order valence-electron chi connectivity index (χ3n) is 3.25. The minimum atomic E-state index is -0.446. The van der Waals surface area contributed by atoms with Gasteiger partial charge in [-0.1, -0.05) is 48.5 Å². The van der Waals surface area contributed by atoms with Gasteiger partial charge in [0.15, 0.2) is 5.75 Å². The van der Waals surface area contributed by atoms with Gasteiger partial charge < -0.3 is 9.94 Å². The summed E-state index contributed by atoms with van der Waals surface area (Å²) in [5.41, 5.74) is 0.747. The molecule has 3 aromatic carbocycles. The zero-order chi connectivity index (χ0) is 16.1. The van der Waals surface area contributed by atoms with Gasteiger partial charge in [-0.2, -0.15) is 0 Å². The Hall–Kier alpha value is -3.27. The maximum atomic E-state index is 12.8. The molecule has 0 aliphatic carbocycles. The highest BCUT2D eigenvalue weighted by atomic mass is 16.7. The maximum Gasteiger partial charge on any atom is 0.295 e. The van der Waals surface area contributed by atoms with Gasteiger partial charge >= 0.3 is 0 Å². The number of phenolic OH excluding ortho intramolecular Hbond substituents is 1. The van der Waals surface area contributed by atoms with Crippen LogP contribution in [-0.4, -0.2) is 11.0 Å². The topological polar surface area (TPSA) is 49.8 Å². The number of amides is 1. The summed E-state index contributed by atoms with van der Waals surface area (Å²) in [6, 6.07) is 24.4. The van der Waals surface area contributed by atoms with E-state index in [9.17, 15) is 9.90 Å². The monoisotopic (exact) mass is 305 g/mol. The molecule has 114 valence electrons. The first-order valence-corrected chi connectivity index (χ1v) is 7.16. The fourth-order valence-electron chi connectivity index (χ4n) is 2.13. The summed E-state index contributed by atoms with van der Waals surface area (Å²) in [5.74, 6) is -0.00614. The molecule has 0 aliphatic heterocycles. The van der Waals surface area contributed by atoms with Crippen LogP contribution < -0.4 is 9.90 Å². The minimum Gasteiger partial charge on any atom is -0.507 e. The van der Waals surface area contributed by atoms with Crippen LogP contribution in [0.3, 0.4) is 0 Å². The molecular weight excluding hydrogens is 290 g/mol. The molecule has 0 spiro atoms. The summed E-state index contributed by atoms with van der Waals surface area (Å²) in [6.45, 7) is 0. The molecule has 1 amide bonds. The highest BCUT2D eigenvalue weighted by molar-refractivity contribution is 6.06. The van der Waals surface area contributed by atoms with E-state index < -0.39 is 5.91 Å². The van der Waals surface area contributed by atoms with Crippen molar-refractivity contribution in [3.8, 4) is 11.5 Å². The van der Waals surface area contributed by atoms with E-state index >= 15 is 0 Å². The fraction of sp³-hybridized carbons (Fsp3) is 0. The highest BCUT2D eigenvalue weighted by Crippen LogP contribution is 2.24. The lowest BCUT2D eigenvalue weighted by molar-refractivity contribution is 0.0877. The second-order valence-corrected chi connectivity index (χ2v) is 4.86. The van der Waals surface area contributed by atoms with Crippen molar-refractivity contribution in [2.24, 2.45) is 0 Å². The average molecular weight is 305 g/mol. The van der Waals surface area contributed by atoms with Crippen molar-refractivity contribution < 1.29 is 14.7 Å². The zero-order valence-corrected chi connectivity index (χ0v) is 12.3. The van der Waals surface area contributed by atoms with E-state index in [1.54, 1.807) is 42.5 Å². The van der Waals surface area contributed by atoms with Crippen LogP contribution in [0.25, 0.3) is 0 Å². The minimum absolute atomic E-state index is 0.0879. The third-order valence-corrected chi connectivity index (χ3v) is 3.25. The van der Waals surface area contributed by atoms with Crippen LogP contribution in [0, 0.1) is 0 Å². The number of carbonyl (C=O) groups is 1. The third kappa shape index (κ3) is 3.32. The number of hydrogen-bond acceptors (Lipinski definition) is 3. The maximum absolute atomic E-state index is 12.8. The molecule has 3 rings (SSSR count). The molecule has 0 saturated heterocycles. The van der Waals surface area contributed by atoms with Gasteiger partial charge in [0.2, 0.25) is 0 Å². The molecule has 0 bridgehead atoms. The van der Waals surface area contributed by atoms with E-state index in [4.69, 9.17) is 4.84 Å². The Labute approximate surface area is 134 Å². The van der Waals surface area contributed by atoms with E-state index in [1.807, 2.05) is 36.4 Å².